The number of hydrogen-bond acceptors (Lipinski definition) is 6. The summed E-state index contributed by atoms with van der Waals surface area (Å²) in [7, 11) is 0. The summed E-state index contributed by atoms with van der Waals surface area (Å²) in [5.41, 5.74) is 0. The molecule has 0 radical (unpaired) electrons. The van der Waals surface area contributed by atoms with Crippen LogP contribution < -0.4 is 10.6 Å². The van der Waals surface area contributed by atoms with Crippen molar-refractivity contribution in [3.8, 4) is 5.82 Å². The smallest absolute Gasteiger partial charge is 0.241 e. The van der Waals surface area contributed by atoms with Crippen LogP contribution in [0.5, 0.6) is 0 Å². The summed E-state index contributed by atoms with van der Waals surface area (Å²) < 4.78 is 3.25. The van der Waals surface area contributed by atoms with Gasteiger partial charge < -0.3 is 10.6 Å². The van der Waals surface area contributed by atoms with Crippen LogP contribution in [0.4, 0.5) is 5.82 Å². The zero-order valence-electron chi connectivity index (χ0n) is 13.3. The number of aryl methyl sites for hydroxylation is 1. The van der Waals surface area contributed by atoms with E-state index in [0.29, 0.717) is 30.5 Å². The highest BCUT2D eigenvalue weighted by Crippen LogP contribution is 2.09. The molecule has 24 heavy (non-hydrogen) atoms. The highest BCUT2D eigenvalue weighted by Gasteiger charge is 2.05. The molecule has 3 aromatic rings. The van der Waals surface area contributed by atoms with Gasteiger partial charge in [0.25, 0.3) is 0 Å². The molecule has 0 aliphatic carbocycles. The molecule has 0 saturated carbocycles. The minimum absolute atomic E-state index is 0.0865. The third-order valence-electron chi connectivity index (χ3n) is 3.18. The van der Waals surface area contributed by atoms with Crippen molar-refractivity contribution in [2.24, 2.45) is 0 Å². The van der Waals surface area contributed by atoms with Gasteiger partial charge >= 0.3 is 0 Å². The molecule has 1 amide bonds. The van der Waals surface area contributed by atoms with Crippen molar-refractivity contribution < 1.29 is 4.79 Å². The molecule has 9 nitrogen and oxygen atoms in total. The summed E-state index contributed by atoms with van der Waals surface area (Å²) in [6.07, 6.45) is 6.91. The number of rotatable bonds is 7. The quantitative estimate of drug-likeness (QED) is 0.609. The van der Waals surface area contributed by atoms with Crippen LogP contribution in [-0.2, 0) is 11.3 Å². The van der Waals surface area contributed by atoms with E-state index in [2.05, 4.69) is 30.8 Å². The highest BCUT2D eigenvalue weighted by atomic mass is 16.2. The molecular formula is C15H18N8O. The van der Waals surface area contributed by atoms with E-state index in [1.54, 1.807) is 34.0 Å². The fraction of sp³-hybridized carbons (Fsp3) is 0.267. The lowest BCUT2D eigenvalue weighted by atomic mass is 10.4. The lowest BCUT2D eigenvalue weighted by Gasteiger charge is -2.09. The predicted octanol–water partition coefficient (Wildman–Crippen LogP) is 0.396. The van der Waals surface area contributed by atoms with Crippen molar-refractivity contribution in [1.82, 2.24) is 34.8 Å². The minimum Gasteiger partial charge on any atom is -0.368 e. The average molecular weight is 326 g/mol. The molecule has 124 valence electrons. The second-order valence-electron chi connectivity index (χ2n) is 5.09. The van der Waals surface area contributed by atoms with Crippen LogP contribution in [0.15, 0.2) is 43.0 Å². The van der Waals surface area contributed by atoms with Crippen molar-refractivity contribution >= 4 is 11.7 Å². The van der Waals surface area contributed by atoms with Crippen molar-refractivity contribution in [3.05, 3.63) is 48.8 Å². The number of aromatic nitrogens is 6. The van der Waals surface area contributed by atoms with Crippen molar-refractivity contribution in [2.45, 2.75) is 13.5 Å². The number of anilines is 1. The number of hydrogen-bond donors (Lipinski definition) is 2. The van der Waals surface area contributed by atoms with Crippen molar-refractivity contribution in [3.63, 3.8) is 0 Å². The van der Waals surface area contributed by atoms with Gasteiger partial charge in [0.2, 0.25) is 5.91 Å². The minimum atomic E-state index is -0.0865. The molecule has 0 unspecified atom stereocenters. The molecule has 0 saturated heterocycles. The van der Waals surface area contributed by atoms with Crippen LogP contribution in [0.1, 0.15) is 5.82 Å². The highest BCUT2D eigenvalue weighted by molar-refractivity contribution is 5.75. The molecule has 0 aliphatic heterocycles. The first-order valence-electron chi connectivity index (χ1n) is 7.54. The second-order valence-corrected chi connectivity index (χ2v) is 5.09. The van der Waals surface area contributed by atoms with E-state index >= 15 is 0 Å². The van der Waals surface area contributed by atoms with Crippen LogP contribution in [0.2, 0.25) is 0 Å². The second kappa shape index (κ2) is 7.36. The summed E-state index contributed by atoms with van der Waals surface area (Å²) in [6.45, 7) is 3.08. The molecule has 2 N–H and O–H groups in total. The lowest BCUT2D eigenvalue weighted by molar-refractivity contribution is -0.121. The predicted molar refractivity (Wildman–Crippen MR) is 87.6 cm³/mol. The summed E-state index contributed by atoms with van der Waals surface area (Å²) in [6, 6.07) is 5.43. The number of nitrogens with one attached hydrogen (secondary N) is 2. The monoisotopic (exact) mass is 326 g/mol. The molecule has 3 rings (SSSR count). The number of amides is 1. The van der Waals surface area contributed by atoms with Crippen LogP contribution in [-0.4, -0.2) is 48.5 Å². The molecule has 0 atom stereocenters. The fourth-order valence-electron chi connectivity index (χ4n) is 2.15. The molecular weight excluding hydrogens is 308 g/mol. The third-order valence-corrected chi connectivity index (χ3v) is 3.18. The average Bonchev–Trinajstić information content (AvgIpc) is 3.24. The first-order valence-corrected chi connectivity index (χ1v) is 7.54. The van der Waals surface area contributed by atoms with Gasteiger partial charge in [0.15, 0.2) is 5.82 Å². The van der Waals surface area contributed by atoms with Crippen molar-refractivity contribution in [2.75, 3.05) is 18.4 Å². The first-order chi connectivity index (χ1) is 11.7. The van der Waals surface area contributed by atoms with Crippen LogP contribution in [0.3, 0.4) is 0 Å². The van der Waals surface area contributed by atoms with Gasteiger partial charge in [-0.25, -0.2) is 14.6 Å². The van der Waals surface area contributed by atoms with Gasteiger partial charge in [0, 0.05) is 43.9 Å². The molecule has 9 heteroatoms. The third kappa shape index (κ3) is 4.15. The van der Waals surface area contributed by atoms with Gasteiger partial charge in [-0.3, -0.25) is 9.48 Å². The normalized spacial score (nSPS) is 10.5. The van der Waals surface area contributed by atoms with Crippen LogP contribution in [0.25, 0.3) is 5.82 Å². The maximum atomic E-state index is 11.7. The molecule has 0 spiro atoms. The Kier molecular flexibility index (Phi) is 4.80. The van der Waals surface area contributed by atoms with E-state index in [1.165, 1.54) is 0 Å². The Bertz CT molecular complexity index is 782. The molecule has 0 bridgehead atoms. The Balaban J connectivity index is 1.49. The van der Waals surface area contributed by atoms with E-state index in [1.807, 2.05) is 25.3 Å². The van der Waals surface area contributed by atoms with Gasteiger partial charge in [-0.05, 0) is 19.1 Å². The molecule has 0 aromatic carbocycles. The maximum absolute atomic E-state index is 11.7. The first kappa shape index (κ1) is 15.7. The Labute approximate surface area is 138 Å². The lowest BCUT2D eigenvalue weighted by Crippen LogP contribution is -2.31. The fourth-order valence-corrected chi connectivity index (χ4v) is 2.15. The van der Waals surface area contributed by atoms with E-state index in [0.717, 1.165) is 0 Å². The standard InChI is InChI=1S/C15H18N8O/c1-12-20-13(10-14(21-12)23-9-3-5-19-23)16-6-7-17-15(24)11-22-8-2-4-18-22/h2-5,8-10H,6-7,11H2,1H3,(H,17,24)(H,16,20,21). The van der Waals surface area contributed by atoms with Gasteiger partial charge in [0.05, 0.1) is 0 Å². The SMILES string of the molecule is Cc1nc(NCCNC(=O)Cn2cccn2)cc(-n2cccn2)n1. The van der Waals surface area contributed by atoms with Gasteiger partial charge in [-0.1, -0.05) is 0 Å². The zero-order valence-corrected chi connectivity index (χ0v) is 13.3. The van der Waals surface area contributed by atoms with Crippen LogP contribution >= 0.6 is 0 Å². The molecule has 3 heterocycles. The van der Waals surface area contributed by atoms with E-state index < -0.39 is 0 Å². The van der Waals surface area contributed by atoms with Gasteiger partial charge in [-0.15, -0.1) is 0 Å². The van der Waals surface area contributed by atoms with E-state index in [4.69, 9.17) is 0 Å². The van der Waals surface area contributed by atoms with Crippen LogP contribution in [0, 0.1) is 6.92 Å². The summed E-state index contributed by atoms with van der Waals surface area (Å²) in [4.78, 5) is 20.4. The van der Waals surface area contributed by atoms with Gasteiger partial charge in [-0.2, -0.15) is 10.2 Å². The maximum Gasteiger partial charge on any atom is 0.241 e. The number of carbonyl (C=O) groups is 1. The number of carbonyl (C=O) groups excluding carboxylic acids is 1. The zero-order chi connectivity index (χ0) is 16.8. The van der Waals surface area contributed by atoms with E-state index in [-0.39, 0.29) is 12.5 Å². The Morgan fingerprint density at radius 2 is 1.96 bits per heavy atom. The number of nitrogens with zero attached hydrogens (tertiary/aromatic N) is 6. The Morgan fingerprint density at radius 3 is 2.71 bits per heavy atom. The van der Waals surface area contributed by atoms with Crippen molar-refractivity contribution in [1.29, 1.82) is 0 Å². The largest absolute Gasteiger partial charge is 0.368 e. The molecule has 0 aliphatic rings. The molecule has 0 fully saturated rings. The summed E-state index contributed by atoms with van der Waals surface area (Å²) in [5, 5.41) is 14.1. The molecule has 3 aromatic heterocycles. The Hall–Kier alpha value is -3.23. The summed E-state index contributed by atoms with van der Waals surface area (Å²) in [5.74, 6) is 1.94. The Morgan fingerprint density at radius 1 is 1.12 bits per heavy atom. The topological polar surface area (TPSA) is 103 Å². The summed E-state index contributed by atoms with van der Waals surface area (Å²) >= 11 is 0. The van der Waals surface area contributed by atoms with Gasteiger partial charge in [0.1, 0.15) is 18.2 Å². The van der Waals surface area contributed by atoms with E-state index in [9.17, 15) is 4.79 Å².